The highest BCUT2D eigenvalue weighted by Crippen LogP contribution is 2.27. The summed E-state index contributed by atoms with van der Waals surface area (Å²) in [5.41, 5.74) is 6.89. The molecule has 162 valence electrons. The van der Waals surface area contributed by atoms with E-state index in [1.807, 2.05) is 24.3 Å². The SMILES string of the molecule is C.CN(C)CCCNCc1sc(C(=O)NCc2ccc3c(N)nccc3c2)cc1Cl. The summed E-state index contributed by atoms with van der Waals surface area (Å²) in [5, 5.41) is 8.90. The molecular formula is C22H30ClN5OS. The lowest BCUT2D eigenvalue weighted by Gasteiger charge is -2.09. The van der Waals surface area contributed by atoms with Crippen LogP contribution >= 0.6 is 22.9 Å². The molecule has 3 aromatic rings. The van der Waals surface area contributed by atoms with Crippen LogP contribution in [0.4, 0.5) is 5.82 Å². The second kappa shape index (κ2) is 11.3. The molecule has 0 spiro atoms. The first kappa shape index (κ1) is 24.1. The molecule has 0 aliphatic carbocycles. The predicted octanol–water partition coefficient (Wildman–Crippen LogP) is 4.14. The van der Waals surface area contributed by atoms with Gasteiger partial charge in [0.15, 0.2) is 0 Å². The third-order valence-corrected chi connectivity index (χ3v) is 6.12. The number of pyridine rings is 1. The number of nitrogens with one attached hydrogen (secondary N) is 2. The number of carbonyl (C=O) groups excluding carboxylic acids is 1. The third kappa shape index (κ3) is 6.40. The van der Waals surface area contributed by atoms with Crippen molar-refractivity contribution in [2.24, 2.45) is 0 Å². The van der Waals surface area contributed by atoms with Gasteiger partial charge in [0.1, 0.15) is 5.82 Å². The van der Waals surface area contributed by atoms with Gasteiger partial charge in [-0.05, 0) is 62.8 Å². The topological polar surface area (TPSA) is 83.3 Å². The van der Waals surface area contributed by atoms with Crippen LogP contribution in [-0.4, -0.2) is 43.0 Å². The molecule has 2 heterocycles. The van der Waals surface area contributed by atoms with E-state index in [1.165, 1.54) is 11.3 Å². The van der Waals surface area contributed by atoms with Crippen LogP contribution in [0, 0.1) is 0 Å². The Bertz CT molecular complexity index is 989. The molecule has 4 N–H and O–H groups in total. The number of halogens is 1. The molecule has 1 amide bonds. The number of thiophene rings is 1. The first-order valence-corrected chi connectivity index (χ1v) is 10.7. The lowest BCUT2D eigenvalue weighted by molar-refractivity contribution is 0.0955. The fourth-order valence-electron chi connectivity index (χ4n) is 2.99. The third-order valence-electron chi connectivity index (χ3n) is 4.54. The van der Waals surface area contributed by atoms with Gasteiger partial charge in [0.2, 0.25) is 0 Å². The average Bonchev–Trinajstić information content (AvgIpc) is 3.06. The fourth-order valence-corrected chi connectivity index (χ4v) is 4.29. The van der Waals surface area contributed by atoms with Crippen molar-refractivity contribution in [2.75, 3.05) is 32.9 Å². The number of rotatable bonds is 9. The van der Waals surface area contributed by atoms with E-state index >= 15 is 0 Å². The van der Waals surface area contributed by atoms with E-state index in [0.29, 0.717) is 28.8 Å². The Labute approximate surface area is 187 Å². The molecule has 1 aromatic carbocycles. The van der Waals surface area contributed by atoms with Gasteiger partial charge in [-0.1, -0.05) is 31.2 Å². The number of benzene rings is 1. The molecular weight excluding hydrogens is 418 g/mol. The van der Waals surface area contributed by atoms with E-state index < -0.39 is 0 Å². The van der Waals surface area contributed by atoms with Crippen LogP contribution < -0.4 is 16.4 Å². The van der Waals surface area contributed by atoms with E-state index in [2.05, 4.69) is 34.6 Å². The second-order valence-electron chi connectivity index (χ2n) is 7.15. The Hall–Kier alpha value is -2.19. The molecule has 0 saturated heterocycles. The molecule has 0 aliphatic heterocycles. The zero-order chi connectivity index (χ0) is 20.8. The first-order valence-electron chi connectivity index (χ1n) is 9.49. The Balaban J connectivity index is 0.00000320. The average molecular weight is 448 g/mol. The molecule has 8 heteroatoms. The largest absolute Gasteiger partial charge is 0.383 e. The summed E-state index contributed by atoms with van der Waals surface area (Å²) in [6.07, 6.45) is 2.75. The standard InChI is InChI=1S/C21H26ClN5OS.CH4/c1-27(2)9-3-7-24-13-19-17(22)11-18(29-19)21(28)26-12-14-4-5-16-15(10-14)6-8-25-20(16)23;/h4-6,8,10-11,24H,3,7,9,12-13H2,1-2H3,(H2,23,25)(H,26,28);1H4. The van der Waals surface area contributed by atoms with Crippen LogP contribution in [0.2, 0.25) is 5.02 Å². The minimum atomic E-state index is -0.120. The van der Waals surface area contributed by atoms with Crippen LogP contribution in [0.15, 0.2) is 36.5 Å². The lowest BCUT2D eigenvalue weighted by Crippen LogP contribution is -2.21. The summed E-state index contributed by atoms with van der Waals surface area (Å²) in [5.74, 6) is 0.388. The molecule has 6 nitrogen and oxygen atoms in total. The summed E-state index contributed by atoms with van der Waals surface area (Å²) in [6, 6.07) is 9.55. The maximum atomic E-state index is 12.5. The number of nitrogens with two attached hydrogens (primary N) is 1. The molecule has 0 bridgehead atoms. The van der Waals surface area contributed by atoms with Crippen molar-refractivity contribution in [1.82, 2.24) is 20.5 Å². The number of fused-ring (bicyclic) bond motifs is 1. The highest BCUT2D eigenvalue weighted by molar-refractivity contribution is 7.14. The van der Waals surface area contributed by atoms with Gasteiger partial charge in [-0.25, -0.2) is 4.98 Å². The van der Waals surface area contributed by atoms with Crippen molar-refractivity contribution < 1.29 is 4.79 Å². The van der Waals surface area contributed by atoms with Crippen LogP contribution in [0.1, 0.15) is 34.0 Å². The zero-order valence-corrected chi connectivity index (χ0v) is 18.2. The number of hydrogen-bond acceptors (Lipinski definition) is 6. The van der Waals surface area contributed by atoms with Gasteiger partial charge >= 0.3 is 0 Å². The summed E-state index contributed by atoms with van der Waals surface area (Å²) >= 11 is 7.74. The van der Waals surface area contributed by atoms with E-state index in [0.717, 1.165) is 40.7 Å². The van der Waals surface area contributed by atoms with Gasteiger partial charge < -0.3 is 21.3 Å². The minimum Gasteiger partial charge on any atom is -0.383 e. The number of anilines is 1. The Morgan fingerprint density at radius 3 is 2.80 bits per heavy atom. The maximum absolute atomic E-state index is 12.5. The van der Waals surface area contributed by atoms with Gasteiger partial charge in [0.05, 0.1) is 9.90 Å². The number of hydrogen-bond donors (Lipinski definition) is 3. The van der Waals surface area contributed by atoms with Crippen molar-refractivity contribution in [1.29, 1.82) is 0 Å². The number of aromatic nitrogens is 1. The molecule has 2 aromatic heterocycles. The molecule has 30 heavy (non-hydrogen) atoms. The number of nitrogens with zero attached hydrogens (tertiary/aromatic N) is 2. The van der Waals surface area contributed by atoms with Crippen LogP contribution in [0.25, 0.3) is 10.8 Å². The summed E-state index contributed by atoms with van der Waals surface area (Å²) < 4.78 is 0. The normalized spacial score (nSPS) is 10.9. The highest BCUT2D eigenvalue weighted by Gasteiger charge is 2.13. The van der Waals surface area contributed by atoms with Crippen LogP contribution in [0.3, 0.4) is 0 Å². The molecule has 0 atom stereocenters. The number of amides is 1. The van der Waals surface area contributed by atoms with Crippen molar-refractivity contribution in [3.63, 3.8) is 0 Å². The molecule has 0 saturated carbocycles. The number of nitrogen functional groups attached to an aromatic ring is 1. The van der Waals surface area contributed by atoms with Crippen LogP contribution in [0.5, 0.6) is 0 Å². The van der Waals surface area contributed by atoms with Crippen LogP contribution in [-0.2, 0) is 13.1 Å². The van der Waals surface area contributed by atoms with Crippen molar-refractivity contribution in [3.8, 4) is 0 Å². The summed E-state index contributed by atoms with van der Waals surface area (Å²) in [6.45, 7) is 3.06. The summed E-state index contributed by atoms with van der Waals surface area (Å²) in [7, 11) is 4.12. The van der Waals surface area contributed by atoms with Gasteiger partial charge in [-0.3, -0.25) is 4.79 Å². The zero-order valence-electron chi connectivity index (χ0n) is 16.7. The van der Waals surface area contributed by atoms with Gasteiger partial charge in [0.25, 0.3) is 5.91 Å². The second-order valence-corrected chi connectivity index (χ2v) is 8.69. The van der Waals surface area contributed by atoms with E-state index in [-0.39, 0.29) is 13.3 Å². The lowest BCUT2D eigenvalue weighted by atomic mass is 10.1. The maximum Gasteiger partial charge on any atom is 0.261 e. The molecule has 0 aliphatic rings. The smallest absolute Gasteiger partial charge is 0.261 e. The molecule has 0 radical (unpaired) electrons. The number of carbonyl (C=O) groups is 1. The summed E-state index contributed by atoms with van der Waals surface area (Å²) in [4.78, 5) is 20.4. The highest BCUT2D eigenvalue weighted by atomic mass is 35.5. The molecule has 3 rings (SSSR count). The van der Waals surface area contributed by atoms with Crippen molar-refractivity contribution in [2.45, 2.75) is 26.9 Å². The molecule has 0 unspecified atom stereocenters. The fraction of sp³-hybridized carbons (Fsp3) is 0.364. The van der Waals surface area contributed by atoms with Gasteiger partial charge in [-0.15, -0.1) is 11.3 Å². The Morgan fingerprint density at radius 2 is 2.03 bits per heavy atom. The van der Waals surface area contributed by atoms with E-state index in [1.54, 1.807) is 12.3 Å². The quantitative estimate of drug-likeness (QED) is 0.429. The molecule has 0 fully saturated rings. The van der Waals surface area contributed by atoms with Crippen molar-refractivity contribution in [3.05, 3.63) is 56.9 Å². The van der Waals surface area contributed by atoms with Gasteiger partial charge in [-0.2, -0.15) is 0 Å². The Kier molecular flexibility index (Phi) is 9.05. The van der Waals surface area contributed by atoms with Crippen molar-refractivity contribution >= 4 is 45.4 Å². The first-order chi connectivity index (χ1) is 13.9. The van der Waals surface area contributed by atoms with E-state index in [4.69, 9.17) is 17.3 Å². The Morgan fingerprint density at radius 1 is 1.23 bits per heavy atom. The predicted molar refractivity (Wildman–Crippen MR) is 128 cm³/mol. The minimum absolute atomic E-state index is 0. The van der Waals surface area contributed by atoms with E-state index in [9.17, 15) is 4.79 Å². The monoisotopic (exact) mass is 447 g/mol. The van der Waals surface area contributed by atoms with Gasteiger partial charge in [0, 0.05) is 29.5 Å².